The van der Waals surface area contributed by atoms with Crippen LogP contribution in [0.3, 0.4) is 0 Å². The zero-order valence-electron chi connectivity index (χ0n) is 12.1. The highest BCUT2D eigenvalue weighted by Gasteiger charge is 2.17. The molecule has 0 saturated heterocycles. The Bertz CT molecular complexity index is 510. The van der Waals surface area contributed by atoms with Crippen LogP contribution in [0.5, 0.6) is 5.75 Å². The topological polar surface area (TPSA) is 73.6 Å². The highest BCUT2D eigenvalue weighted by molar-refractivity contribution is 7.80. The van der Waals surface area contributed by atoms with Crippen molar-refractivity contribution in [1.29, 1.82) is 0 Å². The molecule has 1 amide bonds. The summed E-state index contributed by atoms with van der Waals surface area (Å²) in [6, 6.07) is 5.34. The molecule has 0 aromatic heterocycles. The molecule has 0 aliphatic carbocycles. The van der Waals surface area contributed by atoms with Gasteiger partial charge in [0.25, 0.3) is 0 Å². The summed E-state index contributed by atoms with van der Waals surface area (Å²) in [4.78, 5) is 12.1. The number of methoxy groups -OCH3 is 1. The molecule has 5 nitrogen and oxygen atoms in total. The summed E-state index contributed by atoms with van der Waals surface area (Å²) < 4.78 is 10.4. The van der Waals surface area contributed by atoms with Gasteiger partial charge >= 0.3 is 6.09 Å². The summed E-state index contributed by atoms with van der Waals surface area (Å²) >= 11 is 4.87. The van der Waals surface area contributed by atoms with Gasteiger partial charge in [0.05, 0.1) is 17.8 Å². The molecule has 0 spiro atoms. The Hall–Kier alpha value is -1.82. The van der Waals surface area contributed by atoms with E-state index in [4.69, 9.17) is 27.4 Å². The monoisotopic (exact) mass is 296 g/mol. The average molecular weight is 296 g/mol. The first kappa shape index (κ1) is 16.2. The number of amides is 1. The van der Waals surface area contributed by atoms with Gasteiger partial charge in [0, 0.05) is 6.42 Å². The van der Waals surface area contributed by atoms with Gasteiger partial charge in [-0.05, 0) is 38.5 Å². The third kappa shape index (κ3) is 5.44. The number of thiocarbonyl (C=S) groups is 1. The molecule has 6 heteroatoms. The summed E-state index contributed by atoms with van der Waals surface area (Å²) in [5.74, 6) is 0.532. The maximum atomic E-state index is 11.7. The second-order valence-corrected chi connectivity index (χ2v) is 5.83. The summed E-state index contributed by atoms with van der Waals surface area (Å²) in [6.07, 6.45) is -0.0452. The molecule has 0 saturated carbocycles. The molecule has 20 heavy (non-hydrogen) atoms. The molecular weight excluding hydrogens is 276 g/mol. The Morgan fingerprint density at radius 1 is 1.40 bits per heavy atom. The molecule has 0 aliphatic rings. The number of hydrogen-bond acceptors (Lipinski definition) is 4. The predicted octanol–water partition coefficient (Wildman–Crippen LogP) is 2.87. The lowest BCUT2D eigenvalue weighted by atomic mass is 10.1. The Kier molecular flexibility index (Phi) is 5.33. The van der Waals surface area contributed by atoms with Crippen LogP contribution in [0.25, 0.3) is 0 Å². The van der Waals surface area contributed by atoms with Gasteiger partial charge < -0.3 is 15.2 Å². The molecule has 3 N–H and O–H groups in total. The lowest BCUT2D eigenvalue weighted by Crippen LogP contribution is -2.27. The molecule has 0 heterocycles. The molecule has 0 aliphatic heterocycles. The van der Waals surface area contributed by atoms with E-state index in [1.807, 2.05) is 6.07 Å². The van der Waals surface area contributed by atoms with E-state index in [2.05, 4.69) is 5.32 Å². The van der Waals surface area contributed by atoms with E-state index in [0.29, 0.717) is 22.8 Å². The Labute approximate surface area is 124 Å². The Balaban J connectivity index is 2.85. The van der Waals surface area contributed by atoms with Gasteiger partial charge in [-0.25, -0.2) is 4.79 Å². The summed E-state index contributed by atoms with van der Waals surface area (Å²) in [6.45, 7) is 5.40. The second-order valence-electron chi connectivity index (χ2n) is 5.30. The van der Waals surface area contributed by atoms with Gasteiger partial charge in [-0.2, -0.15) is 0 Å². The first-order valence-corrected chi connectivity index (χ1v) is 6.57. The molecule has 0 radical (unpaired) electrons. The highest BCUT2D eigenvalue weighted by Crippen LogP contribution is 2.26. The average Bonchev–Trinajstić information content (AvgIpc) is 2.27. The first-order chi connectivity index (χ1) is 9.21. The van der Waals surface area contributed by atoms with Crippen molar-refractivity contribution < 1.29 is 14.3 Å². The fourth-order valence-electron chi connectivity index (χ4n) is 1.56. The van der Waals surface area contributed by atoms with Crippen LogP contribution in [-0.4, -0.2) is 23.8 Å². The maximum Gasteiger partial charge on any atom is 0.412 e. The minimum atomic E-state index is -0.553. The summed E-state index contributed by atoms with van der Waals surface area (Å²) in [7, 11) is 1.53. The van der Waals surface area contributed by atoms with Crippen molar-refractivity contribution >= 4 is 29.0 Å². The molecule has 0 unspecified atom stereocenters. The van der Waals surface area contributed by atoms with Gasteiger partial charge in [0.1, 0.15) is 11.4 Å². The van der Waals surface area contributed by atoms with Crippen molar-refractivity contribution in [3.8, 4) is 5.75 Å². The molecule has 1 rings (SSSR count). The molecular formula is C14H20N2O3S. The van der Waals surface area contributed by atoms with E-state index in [0.717, 1.165) is 5.56 Å². The van der Waals surface area contributed by atoms with Crippen molar-refractivity contribution in [2.45, 2.75) is 32.8 Å². The SMILES string of the molecule is COc1cc(CC(N)=S)ccc1NC(=O)OC(C)(C)C. The third-order valence-electron chi connectivity index (χ3n) is 2.28. The van der Waals surface area contributed by atoms with Crippen LogP contribution in [0.1, 0.15) is 26.3 Å². The van der Waals surface area contributed by atoms with E-state index in [1.165, 1.54) is 7.11 Å². The number of ether oxygens (including phenoxy) is 2. The van der Waals surface area contributed by atoms with Crippen molar-refractivity contribution in [3.63, 3.8) is 0 Å². The number of rotatable bonds is 4. The van der Waals surface area contributed by atoms with Crippen LogP contribution in [0.15, 0.2) is 18.2 Å². The van der Waals surface area contributed by atoms with Gasteiger partial charge in [-0.3, -0.25) is 5.32 Å². The lowest BCUT2D eigenvalue weighted by Gasteiger charge is -2.20. The van der Waals surface area contributed by atoms with Gasteiger partial charge in [0.2, 0.25) is 0 Å². The van der Waals surface area contributed by atoms with Crippen LogP contribution in [0.2, 0.25) is 0 Å². The Morgan fingerprint density at radius 3 is 2.55 bits per heavy atom. The Morgan fingerprint density at radius 2 is 2.05 bits per heavy atom. The fraction of sp³-hybridized carbons (Fsp3) is 0.429. The zero-order valence-corrected chi connectivity index (χ0v) is 13.0. The predicted molar refractivity (Wildman–Crippen MR) is 83.3 cm³/mol. The minimum absolute atomic E-state index is 0.403. The smallest absolute Gasteiger partial charge is 0.412 e. The van der Waals surface area contributed by atoms with Gasteiger partial charge in [0.15, 0.2) is 0 Å². The van der Waals surface area contributed by atoms with E-state index < -0.39 is 11.7 Å². The first-order valence-electron chi connectivity index (χ1n) is 6.16. The standard InChI is InChI=1S/C14H20N2O3S/c1-14(2,3)19-13(17)16-10-6-5-9(8-12(15)20)7-11(10)18-4/h5-7H,8H2,1-4H3,(H2,15,20)(H,16,17). The maximum absolute atomic E-state index is 11.7. The zero-order chi connectivity index (χ0) is 15.3. The van der Waals surface area contributed by atoms with Crippen molar-refractivity contribution in [2.24, 2.45) is 5.73 Å². The number of anilines is 1. The largest absolute Gasteiger partial charge is 0.495 e. The lowest BCUT2D eigenvalue weighted by molar-refractivity contribution is 0.0635. The number of carbonyl (C=O) groups excluding carboxylic acids is 1. The number of nitrogens with one attached hydrogen (secondary N) is 1. The minimum Gasteiger partial charge on any atom is -0.495 e. The highest BCUT2D eigenvalue weighted by atomic mass is 32.1. The molecule has 0 atom stereocenters. The van der Waals surface area contributed by atoms with E-state index in [-0.39, 0.29) is 0 Å². The summed E-state index contributed by atoms with van der Waals surface area (Å²) in [5, 5.41) is 2.65. The number of nitrogens with two attached hydrogens (primary N) is 1. The van der Waals surface area contributed by atoms with Gasteiger partial charge in [-0.1, -0.05) is 18.3 Å². The van der Waals surface area contributed by atoms with Crippen LogP contribution in [0.4, 0.5) is 10.5 Å². The molecule has 110 valence electrons. The van der Waals surface area contributed by atoms with Crippen LogP contribution in [-0.2, 0) is 11.2 Å². The van der Waals surface area contributed by atoms with E-state index >= 15 is 0 Å². The van der Waals surface area contributed by atoms with E-state index in [1.54, 1.807) is 32.9 Å². The van der Waals surface area contributed by atoms with Crippen LogP contribution < -0.4 is 15.8 Å². The number of benzene rings is 1. The number of hydrogen-bond donors (Lipinski definition) is 2. The second kappa shape index (κ2) is 6.56. The number of carbonyl (C=O) groups is 1. The van der Waals surface area contributed by atoms with Crippen LogP contribution >= 0.6 is 12.2 Å². The van der Waals surface area contributed by atoms with Crippen molar-refractivity contribution in [1.82, 2.24) is 0 Å². The van der Waals surface area contributed by atoms with Crippen molar-refractivity contribution in [3.05, 3.63) is 23.8 Å². The summed E-state index contributed by atoms with van der Waals surface area (Å²) in [5.41, 5.74) is 6.41. The fourth-order valence-corrected chi connectivity index (χ4v) is 1.73. The van der Waals surface area contributed by atoms with Gasteiger partial charge in [-0.15, -0.1) is 0 Å². The molecule has 0 fully saturated rings. The molecule has 1 aromatic rings. The molecule has 0 bridgehead atoms. The van der Waals surface area contributed by atoms with E-state index in [9.17, 15) is 4.79 Å². The van der Waals surface area contributed by atoms with Crippen molar-refractivity contribution in [2.75, 3.05) is 12.4 Å². The normalized spacial score (nSPS) is 10.8. The third-order valence-corrected chi connectivity index (χ3v) is 2.42. The molecule has 1 aromatic carbocycles. The van der Waals surface area contributed by atoms with Crippen LogP contribution in [0, 0.1) is 0 Å². The quantitative estimate of drug-likeness (QED) is 0.836.